The van der Waals surface area contributed by atoms with Gasteiger partial charge in [-0.05, 0) is 6.92 Å². The van der Waals surface area contributed by atoms with E-state index in [4.69, 9.17) is 4.74 Å². The number of hydrogen-bond donors (Lipinski definition) is 1. The first-order valence-electron chi connectivity index (χ1n) is 7.07. The molecule has 0 spiro atoms. The van der Waals surface area contributed by atoms with E-state index in [1.54, 1.807) is 11.0 Å². The number of anilines is 1. The van der Waals surface area contributed by atoms with Gasteiger partial charge in [-0.15, -0.1) is 0 Å². The predicted molar refractivity (Wildman–Crippen MR) is 79.1 cm³/mol. The zero-order valence-electron chi connectivity index (χ0n) is 13.2. The number of rotatable bonds is 2. The zero-order valence-corrected chi connectivity index (χ0v) is 13.2. The lowest BCUT2D eigenvalue weighted by molar-refractivity contribution is 0.118. The van der Waals surface area contributed by atoms with Crippen molar-refractivity contribution in [3.05, 3.63) is 11.8 Å². The van der Waals surface area contributed by atoms with Crippen LogP contribution in [0.5, 0.6) is 6.01 Å². The lowest BCUT2D eigenvalue weighted by Gasteiger charge is -2.16. The molecule has 1 fully saturated rings. The Hall–Kier alpha value is -1.43. The smallest absolute Gasteiger partial charge is 0.318 e. The molecule has 1 aromatic heterocycles. The van der Waals surface area contributed by atoms with Gasteiger partial charge in [0.05, 0.1) is 13.7 Å². The van der Waals surface area contributed by atoms with Crippen molar-refractivity contribution in [2.24, 2.45) is 0 Å². The third-order valence-corrected chi connectivity index (χ3v) is 2.55. The molecule has 0 aromatic carbocycles. The van der Waals surface area contributed by atoms with Crippen LogP contribution in [0.4, 0.5) is 10.2 Å². The molecule has 1 aromatic rings. The molecule has 0 aliphatic carbocycles. The van der Waals surface area contributed by atoms with E-state index in [1.807, 2.05) is 34.6 Å². The summed E-state index contributed by atoms with van der Waals surface area (Å²) in [6.07, 6.45) is -2.16. The van der Waals surface area contributed by atoms with E-state index < -0.39 is 12.3 Å². The molecule has 116 valence electrons. The Labute approximate surface area is 120 Å². The molecule has 0 bridgehead atoms. The van der Waals surface area contributed by atoms with Gasteiger partial charge in [0, 0.05) is 18.3 Å². The van der Waals surface area contributed by atoms with Gasteiger partial charge in [-0.2, -0.15) is 4.98 Å². The maximum Gasteiger partial charge on any atom is 0.318 e. The van der Waals surface area contributed by atoms with Crippen LogP contribution in [0.3, 0.4) is 0 Å². The summed E-state index contributed by atoms with van der Waals surface area (Å²) in [5.74, 6) is 0.587. The molecule has 20 heavy (non-hydrogen) atoms. The highest BCUT2D eigenvalue weighted by Gasteiger charge is 2.32. The van der Waals surface area contributed by atoms with E-state index in [9.17, 15) is 9.50 Å². The van der Waals surface area contributed by atoms with E-state index >= 15 is 0 Å². The third-order valence-electron chi connectivity index (χ3n) is 2.55. The van der Waals surface area contributed by atoms with Crippen molar-refractivity contribution in [3.63, 3.8) is 0 Å². The first-order chi connectivity index (χ1) is 9.60. The van der Waals surface area contributed by atoms with E-state index in [0.29, 0.717) is 5.82 Å². The summed E-state index contributed by atoms with van der Waals surface area (Å²) >= 11 is 0. The molecule has 1 saturated heterocycles. The Morgan fingerprint density at radius 3 is 2.30 bits per heavy atom. The van der Waals surface area contributed by atoms with Crippen molar-refractivity contribution in [2.45, 2.75) is 46.9 Å². The van der Waals surface area contributed by atoms with Crippen LogP contribution in [0.25, 0.3) is 0 Å². The summed E-state index contributed by atoms with van der Waals surface area (Å²) in [5, 5.41) is 9.33. The number of hydrogen-bond acceptors (Lipinski definition) is 5. The van der Waals surface area contributed by atoms with Gasteiger partial charge in [-0.25, -0.2) is 9.37 Å². The molecule has 5 nitrogen and oxygen atoms in total. The predicted octanol–water partition coefficient (Wildman–Crippen LogP) is 2.37. The maximum absolute atomic E-state index is 13.2. The number of aliphatic hydroxyl groups is 1. The summed E-state index contributed by atoms with van der Waals surface area (Å²) < 4.78 is 18.1. The van der Waals surface area contributed by atoms with Crippen molar-refractivity contribution >= 4 is 5.82 Å². The lowest BCUT2D eigenvalue weighted by atomic mass is 10.3. The first kappa shape index (κ1) is 18.6. The van der Waals surface area contributed by atoms with Crippen LogP contribution in [0.15, 0.2) is 6.07 Å². The Morgan fingerprint density at radius 1 is 1.25 bits per heavy atom. The molecule has 2 rings (SSSR count). The van der Waals surface area contributed by atoms with Gasteiger partial charge in [-0.3, -0.25) is 0 Å². The number of nitrogens with zero attached hydrogens (tertiary/aromatic N) is 3. The monoisotopic (exact) mass is 287 g/mol. The highest BCUT2D eigenvalue weighted by Crippen LogP contribution is 2.22. The van der Waals surface area contributed by atoms with Crippen LogP contribution >= 0.6 is 0 Å². The van der Waals surface area contributed by atoms with Crippen LogP contribution in [0.2, 0.25) is 0 Å². The Morgan fingerprint density at radius 2 is 1.85 bits per heavy atom. The second kappa shape index (κ2) is 9.47. The van der Waals surface area contributed by atoms with E-state index in [1.165, 1.54) is 7.11 Å². The summed E-state index contributed by atoms with van der Waals surface area (Å²) in [6.45, 7) is 10.2. The standard InChI is InChI=1S/C10H14FN3O2.2C2H6/c1-6-3-9(13-10(12-6)16-2)14-4-7(11)8(15)5-14;2*1-2/h3,7-8,15H,4-5H2,1-2H3;2*1-2H3. The summed E-state index contributed by atoms with van der Waals surface area (Å²) in [5.41, 5.74) is 0.749. The minimum atomic E-state index is -1.22. The summed E-state index contributed by atoms with van der Waals surface area (Å²) in [6, 6.07) is 2.00. The van der Waals surface area contributed by atoms with Crippen molar-refractivity contribution in [3.8, 4) is 6.01 Å². The van der Waals surface area contributed by atoms with Crippen molar-refractivity contribution in [1.29, 1.82) is 0 Å². The average Bonchev–Trinajstić information content (AvgIpc) is 2.82. The van der Waals surface area contributed by atoms with E-state index in [2.05, 4.69) is 9.97 Å². The molecular formula is C14H26FN3O2. The van der Waals surface area contributed by atoms with Gasteiger partial charge in [0.1, 0.15) is 18.1 Å². The van der Waals surface area contributed by atoms with Gasteiger partial charge in [0.15, 0.2) is 0 Å². The topological polar surface area (TPSA) is 58.5 Å². The van der Waals surface area contributed by atoms with Crippen LogP contribution in [-0.2, 0) is 0 Å². The molecule has 6 heteroatoms. The second-order valence-corrected chi connectivity index (χ2v) is 3.84. The van der Waals surface area contributed by atoms with Gasteiger partial charge in [-0.1, -0.05) is 27.7 Å². The fourth-order valence-electron chi connectivity index (χ4n) is 1.71. The highest BCUT2D eigenvalue weighted by molar-refractivity contribution is 5.42. The van der Waals surface area contributed by atoms with E-state index in [-0.39, 0.29) is 19.1 Å². The Kier molecular flexibility index (Phi) is 8.79. The third kappa shape index (κ3) is 4.92. The Balaban J connectivity index is 0.000000829. The summed E-state index contributed by atoms with van der Waals surface area (Å²) in [7, 11) is 1.48. The van der Waals surface area contributed by atoms with Crippen LogP contribution < -0.4 is 9.64 Å². The number of aromatic nitrogens is 2. The van der Waals surface area contributed by atoms with Gasteiger partial charge < -0.3 is 14.7 Å². The van der Waals surface area contributed by atoms with E-state index in [0.717, 1.165) is 5.69 Å². The molecule has 1 aliphatic heterocycles. The number of aryl methyl sites for hydroxylation is 1. The molecule has 2 unspecified atom stereocenters. The summed E-state index contributed by atoms with van der Waals surface area (Å²) in [4.78, 5) is 9.85. The first-order valence-corrected chi connectivity index (χ1v) is 7.07. The van der Waals surface area contributed by atoms with Crippen LogP contribution in [0.1, 0.15) is 33.4 Å². The number of alkyl halides is 1. The van der Waals surface area contributed by atoms with Crippen molar-refractivity contribution < 1.29 is 14.2 Å². The average molecular weight is 287 g/mol. The number of methoxy groups -OCH3 is 1. The van der Waals surface area contributed by atoms with Gasteiger partial charge in [0.2, 0.25) is 0 Å². The zero-order chi connectivity index (χ0) is 15.7. The maximum atomic E-state index is 13.2. The minimum absolute atomic E-state index is 0.154. The number of aliphatic hydroxyl groups excluding tert-OH is 1. The molecule has 2 atom stereocenters. The lowest BCUT2D eigenvalue weighted by Crippen LogP contribution is -2.22. The van der Waals surface area contributed by atoms with Crippen molar-refractivity contribution in [1.82, 2.24) is 9.97 Å². The molecule has 1 aliphatic rings. The fourth-order valence-corrected chi connectivity index (χ4v) is 1.71. The molecule has 1 N–H and O–H groups in total. The SMILES string of the molecule is CC.CC.COc1nc(C)cc(N2CC(O)C(F)C2)n1. The molecule has 0 radical (unpaired) electrons. The highest BCUT2D eigenvalue weighted by atomic mass is 19.1. The number of halogens is 1. The molecule has 0 saturated carbocycles. The van der Waals surface area contributed by atoms with Gasteiger partial charge >= 0.3 is 6.01 Å². The molecule has 2 heterocycles. The number of ether oxygens (including phenoxy) is 1. The largest absolute Gasteiger partial charge is 0.467 e. The fraction of sp³-hybridized carbons (Fsp3) is 0.714. The van der Waals surface area contributed by atoms with Crippen molar-refractivity contribution in [2.75, 3.05) is 25.1 Å². The molecule has 0 amide bonds. The second-order valence-electron chi connectivity index (χ2n) is 3.84. The normalized spacial score (nSPS) is 20.5. The Bertz CT molecular complexity index is 381. The number of β-amino-alcohol motifs (C(OH)–C–C–N with tert-alkyl or cyclic N) is 1. The minimum Gasteiger partial charge on any atom is -0.467 e. The van der Waals surface area contributed by atoms with Crippen LogP contribution in [-0.4, -0.2) is 47.5 Å². The van der Waals surface area contributed by atoms with Gasteiger partial charge in [0.25, 0.3) is 0 Å². The quantitative estimate of drug-likeness (QED) is 0.905. The van der Waals surface area contributed by atoms with Crippen LogP contribution in [0, 0.1) is 6.92 Å². The molecular weight excluding hydrogens is 261 g/mol.